The summed E-state index contributed by atoms with van der Waals surface area (Å²) in [6.07, 6.45) is -0.191. The van der Waals surface area contributed by atoms with E-state index in [2.05, 4.69) is 0 Å². The number of carbonyl (C=O) groups excluding carboxylic acids is 1. The molecule has 2 aromatic carbocycles. The number of likely N-dealkylation sites (tertiary alicyclic amines) is 1. The van der Waals surface area contributed by atoms with E-state index in [1.807, 2.05) is 30.3 Å². The number of rotatable bonds is 8. The van der Waals surface area contributed by atoms with Gasteiger partial charge in [0, 0.05) is 26.7 Å². The Morgan fingerprint density at radius 1 is 1.17 bits per heavy atom. The summed E-state index contributed by atoms with van der Waals surface area (Å²) in [6, 6.07) is 15.2. The fourth-order valence-corrected chi connectivity index (χ4v) is 4.78. The van der Waals surface area contributed by atoms with Gasteiger partial charge >= 0.3 is 6.09 Å². The van der Waals surface area contributed by atoms with Crippen LogP contribution in [0.3, 0.4) is 0 Å². The SMILES string of the molecule is CN(CCOc1ccccc1F)S(=O)(=O)C1CCN(C(=O)OCc2ccccc2)C1. The minimum absolute atomic E-state index is 0.0201. The third-order valence-corrected chi connectivity index (χ3v) is 7.24. The van der Waals surface area contributed by atoms with E-state index < -0.39 is 27.2 Å². The standard InChI is InChI=1S/C21H25FN2O5S/c1-23(13-14-28-20-10-6-5-9-19(20)22)30(26,27)18-11-12-24(15-18)21(25)29-16-17-7-3-2-4-8-17/h2-10,18H,11-16H2,1H3. The van der Waals surface area contributed by atoms with Crippen molar-refractivity contribution in [2.75, 3.05) is 33.3 Å². The molecule has 1 saturated heterocycles. The first kappa shape index (κ1) is 22.0. The molecule has 1 atom stereocenters. The van der Waals surface area contributed by atoms with Crippen molar-refractivity contribution in [1.29, 1.82) is 0 Å². The Bertz CT molecular complexity index is 955. The molecule has 3 rings (SSSR count). The quantitative estimate of drug-likeness (QED) is 0.636. The molecule has 0 N–H and O–H groups in total. The molecule has 2 aromatic rings. The molecule has 0 aliphatic carbocycles. The van der Waals surface area contributed by atoms with Crippen LogP contribution in [-0.4, -0.2) is 62.3 Å². The summed E-state index contributed by atoms with van der Waals surface area (Å²) < 4.78 is 51.0. The molecule has 1 unspecified atom stereocenters. The minimum atomic E-state index is -3.63. The van der Waals surface area contributed by atoms with Crippen molar-refractivity contribution in [1.82, 2.24) is 9.21 Å². The first-order valence-corrected chi connectivity index (χ1v) is 11.2. The van der Waals surface area contributed by atoms with Gasteiger partial charge in [-0.15, -0.1) is 0 Å². The van der Waals surface area contributed by atoms with Gasteiger partial charge in [0.15, 0.2) is 11.6 Å². The normalized spacial score (nSPS) is 16.6. The average molecular weight is 437 g/mol. The van der Waals surface area contributed by atoms with E-state index in [0.717, 1.165) is 5.56 Å². The molecule has 0 saturated carbocycles. The van der Waals surface area contributed by atoms with Crippen molar-refractivity contribution in [3.63, 3.8) is 0 Å². The van der Waals surface area contributed by atoms with Crippen LogP contribution in [0, 0.1) is 5.82 Å². The van der Waals surface area contributed by atoms with E-state index in [9.17, 15) is 17.6 Å². The lowest BCUT2D eigenvalue weighted by molar-refractivity contribution is 0.104. The maximum Gasteiger partial charge on any atom is 0.410 e. The van der Waals surface area contributed by atoms with E-state index in [-0.39, 0.29) is 32.1 Å². The Kier molecular flexibility index (Phi) is 7.28. The fraction of sp³-hybridized carbons (Fsp3) is 0.381. The van der Waals surface area contributed by atoms with Crippen LogP contribution in [0.4, 0.5) is 9.18 Å². The lowest BCUT2D eigenvalue weighted by atomic mass is 10.2. The zero-order chi connectivity index (χ0) is 21.6. The van der Waals surface area contributed by atoms with Crippen molar-refractivity contribution >= 4 is 16.1 Å². The summed E-state index contributed by atoms with van der Waals surface area (Å²) in [5, 5.41) is -0.708. The van der Waals surface area contributed by atoms with Crippen molar-refractivity contribution < 1.29 is 27.1 Å². The van der Waals surface area contributed by atoms with Crippen molar-refractivity contribution in [3.05, 3.63) is 66.0 Å². The van der Waals surface area contributed by atoms with E-state index >= 15 is 0 Å². The Hall–Kier alpha value is -2.65. The molecule has 9 heteroatoms. The van der Waals surface area contributed by atoms with Crippen LogP contribution in [-0.2, 0) is 21.4 Å². The fourth-order valence-electron chi connectivity index (χ4n) is 3.18. The molecular formula is C21H25FN2O5S. The molecule has 7 nitrogen and oxygen atoms in total. The van der Waals surface area contributed by atoms with E-state index in [0.29, 0.717) is 13.0 Å². The number of para-hydroxylation sites is 1. The van der Waals surface area contributed by atoms with Gasteiger partial charge in [-0.1, -0.05) is 42.5 Å². The Balaban J connectivity index is 1.47. The van der Waals surface area contributed by atoms with Crippen molar-refractivity contribution in [2.45, 2.75) is 18.3 Å². The second kappa shape index (κ2) is 9.90. The Morgan fingerprint density at radius 2 is 1.87 bits per heavy atom. The molecule has 1 amide bonds. The summed E-state index contributed by atoms with van der Waals surface area (Å²) in [5.41, 5.74) is 0.865. The lowest BCUT2D eigenvalue weighted by Crippen LogP contribution is -2.40. The topological polar surface area (TPSA) is 76.2 Å². The van der Waals surface area contributed by atoms with Crippen LogP contribution in [0.1, 0.15) is 12.0 Å². The zero-order valence-corrected chi connectivity index (χ0v) is 17.6. The van der Waals surface area contributed by atoms with Gasteiger partial charge in [-0.25, -0.2) is 21.9 Å². The van der Waals surface area contributed by atoms with Gasteiger partial charge in [0.1, 0.15) is 13.2 Å². The Morgan fingerprint density at radius 3 is 2.60 bits per heavy atom. The number of benzene rings is 2. The highest BCUT2D eigenvalue weighted by Crippen LogP contribution is 2.21. The van der Waals surface area contributed by atoms with Crippen LogP contribution in [0.5, 0.6) is 5.75 Å². The molecule has 1 heterocycles. The maximum atomic E-state index is 13.6. The summed E-state index contributed by atoms with van der Waals surface area (Å²) in [5.74, 6) is -0.417. The smallest absolute Gasteiger partial charge is 0.410 e. The van der Waals surface area contributed by atoms with Crippen LogP contribution < -0.4 is 4.74 Å². The van der Waals surface area contributed by atoms with E-state index in [1.54, 1.807) is 12.1 Å². The molecular weight excluding hydrogens is 411 g/mol. The first-order valence-electron chi connectivity index (χ1n) is 9.66. The molecule has 0 aromatic heterocycles. The predicted molar refractivity (Wildman–Crippen MR) is 110 cm³/mol. The lowest BCUT2D eigenvalue weighted by Gasteiger charge is -2.22. The predicted octanol–water partition coefficient (Wildman–Crippen LogP) is 2.88. The molecule has 0 radical (unpaired) electrons. The summed E-state index contributed by atoms with van der Waals surface area (Å²) in [6.45, 7) is 0.629. The van der Waals surface area contributed by atoms with Gasteiger partial charge < -0.3 is 14.4 Å². The molecule has 0 bridgehead atoms. The molecule has 30 heavy (non-hydrogen) atoms. The monoisotopic (exact) mass is 436 g/mol. The number of hydrogen-bond donors (Lipinski definition) is 0. The largest absolute Gasteiger partial charge is 0.489 e. The summed E-state index contributed by atoms with van der Waals surface area (Å²) in [7, 11) is -2.17. The van der Waals surface area contributed by atoms with Gasteiger partial charge in [0.25, 0.3) is 0 Å². The molecule has 162 valence electrons. The third kappa shape index (κ3) is 5.48. The first-order chi connectivity index (χ1) is 14.4. The van der Waals surface area contributed by atoms with Crippen molar-refractivity contribution in [3.8, 4) is 5.75 Å². The number of sulfonamides is 1. The molecule has 0 spiro atoms. The second-order valence-corrected chi connectivity index (χ2v) is 9.36. The van der Waals surface area contributed by atoms with Crippen LogP contribution >= 0.6 is 0 Å². The Labute approximate surface area is 176 Å². The van der Waals surface area contributed by atoms with E-state index in [4.69, 9.17) is 9.47 Å². The third-order valence-electron chi connectivity index (χ3n) is 4.96. The highest BCUT2D eigenvalue weighted by Gasteiger charge is 2.38. The van der Waals surface area contributed by atoms with Gasteiger partial charge in [0.2, 0.25) is 10.0 Å². The highest BCUT2D eigenvalue weighted by molar-refractivity contribution is 7.89. The zero-order valence-electron chi connectivity index (χ0n) is 16.7. The average Bonchev–Trinajstić information content (AvgIpc) is 3.25. The van der Waals surface area contributed by atoms with Gasteiger partial charge in [-0.3, -0.25) is 0 Å². The van der Waals surface area contributed by atoms with Crippen molar-refractivity contribution in [2.24, 2.45) is 0 Å². The molecule has 1 aliphatic rings. The number of ether oxygens (including phenoxy) is 2. The number of hydrogen-bond acceptors (Lipinski definition) is 5. The van der Waals surface area contributed by atoms with Gasteiger partial charge in [0.05, 0.1) is 5.25 Å². The highest BCUT2D eigenvalue weighted by atomic mass is 32.2. The molecule has 1 fully saturated rings. The number of carbonyl (C=O) groups is 1. The number of amides is 1. The van der Waals surface area contributed by atoms with Crippen LogP contribution in [0.2, 0.25) is 0 Å². The van der Waals surface area contributed by atoms with Gasteiger partial charge in [-0.05, 0) is 24.1 Å². The van der Waals surface area contributed by atoms with Crippen LogP contribution in [0.25, 0.3) is 0 Å². The second-order valence-electron chi connectivity index (χ2n) is 7.04. The van der Waals surface area contributed by atoms with E-state index in [1.165, 1.54) is 28.4 Å². The summed E-state index contributed by atoms with van der Waals surface area (Å²) >= 11 is 0. The number of halogens is 1. The van der Waals surface area contributed by atoms with Crippen LogP contribution in [0.15, 0.2) is 54.6 Å². The summed E-state index contributed by atoms with van der Waals surface area (Å²) in [4.78, 5) is 13.7. The number of likely N-dealkylation sites (N-methyl/N-ethyl adjacent to an activating group) is 1. The number of nitrogens with zero attached hydrogens (tertiary/aromatic N) is 2. The molecule has 1 aliphatic heterocycles. The minimum Gasteiger partial charge on any atom is -0.489 e. The maximum absolute atomic E-state index is 13.6. The van der Waals surface area contributed by atoms with Gasteiger partial charge in [-0.2, -0.15) is 0 Å².